The molecular weight excluding hydrogens is 681 g/mol. The van der Waals surface area contributed by atoms with Crippen molar-refractivity contribution in [2.75, 3.05) is 19.7 Å². The number of hydrogen-bond donors (Lipinski definition) is 6. The van der Waals surface area contributed by atoms with E-state index in [2.05, 4.69) is 19.2 Å². The van der Waals surface area contributed by atoms with Crippen LogP contribution in [0.4, 0.5) is 0 Å². The van der Waals surface area contributed by atoms with E-state index in [0.29, 0.717) is 32.4 Å². The minimum absolute atomic E-state index is 0.0938. The van der Waals surface area contributed by atoms with Crippen molar-refractivity contribution in [1.29, 1.82) is 0 Å². The molecule has 0 unspecified atom stereocenters. The van der Waals surface area contributed by atoms with Gasteiger partial charge in [-0.2, -0.15) is 0 Å². The van der Waals surface area contributed by atoms with Gasteiger partial charge < -0.3 is 41.7 Å². The van der Waals surface area contributed by atoms with Crippen LogP contribution in [0.3, 0.4) is 0 Å². The molecule has 1 fully saturated rings. The number of aliphatic hydroxyl groups is 3. The van der Waals surface area contributed by atoms with Gasteiger partial charge in [0, 0.05) is 13.0 Å². The lowest BCUT2D eigenvalue weighted by molar-refractivity contribution is -0.231. The summed E-state index contributed by atoms with van der Waals surface area (Å²) in [4.78, 5) is 28.7. The molecule has 0 saturated carbocycles. The second-order valence-corrected chi connectivity index (χ2v) is 16.3. The molecule has 320 valence electrons. The minimum Gasteiger partial charge on any atom is -0.394 e. The van der Waals surface area contributed by atoms with Gasteiger partial charge in [0.25, 0.3) is 0 Å². The molecular formula is C44H88N4O6. The monoisotopic (exact) mass is 769 g/mol. The third kappa shape index (κ3) is 23.7. The quantitative estimate of drug-likeness (QED) is 0.0344. The number of aliphatic hydroxyl groups excluding tert-OH is 3. The smallest absolute Gasteiger partial charge is 0.237 e. The van der Waals surface area contributed by atoms with Crippen LogP contribution in [0.2, 0.25) is 0 Å². The predicted molar refractivity (Wildman–Crippen MR) is 223 cm³/mol. The normalized spacial score (nSPS) is 20.6. The number of rotatable bonds is 37. The fourth-order valence-corrected chi connectivity index (χ4v) is 7.74. The van der Waals surface area contributed by atoms with Gasteiger partial charge in [-0.05, 0) is 32.2 Å². The highest BCUT2D eigenvalue weighted by Gasteiger charge is 2.48. The van der Waals surface area contributed by atoms with Gasteiger partial charge in [0.05, 0.1) is 12.6 Å². The van der Waals surface area contributed by atoms with Crippen LogP contribution in [0, 0.1) is 0 Å². The molecule has 10 nitrogen and oxygen atoms in total. The molecule has 1 rings (SSSR count). The number of ether oxygens (including phenoxy) is 1. The lowest BCUT2D eigenvalue weighted by Gasteiger charge is -2.47. The second-order valence-electron chi connectivity index (χ2n) is 16.3. The Morgan fingerprint density at radius 1 is 0.630 bits per heavy atom. The number of amides is 2. The summed E-state index contributed by atoms with van der Waals surface area (Å²) in [5, 5.41) is 34.8. The lowest BCUT2D eigenvalue weighted by Crippen LogP contribution is -2.69. The first kappa shape index (κ1) is 50.7. The molecule has 8 N–H and O–H groups in total. The zero-order chi connectivity index (χ0) is 39.7. The number of carbonyl (C=O) groups excluding carboxylic acids is 2. The summed E-state index contributed by atoms with van der Waals surface area (Å²) in [7, 11) is 0. The van der Waals surface area contributed by atoms with Gasteiger partial charge in [-0.15, -0.1) is 0 Å². The number of unbranched alkanes of at least 4 members (excludes halogenated alkanes) is 26. The van der Waals surface area contributed by atoms with Crippen molar-refractivity contribution < 1.29 is 29.6 Å². The molecule has 1 heterocycles. The maximum absolute atomic E-state index is 13.9. The highest BCUT2D eigenvalue weighted by Crippen LogP contribution is 2.26. The highest BCUT2D eigenvalue weighted by molar-refractivity contribution is 5.82. The minimum atomic E-state index is -1.44. The number of hydrogen-bond acceptors (Lipinski definition) is 8. The van der Waals surface area contributed by atoms with Crippen molar-refractivity contribution >= 4 is 11.8 Å². The molecule has 0 aliphatic carbocycles. The average molecular weight is 769 g/mol. The molecule has 0 spiro atoms. The lowest BCUT2D eigenvalue weighted by atomic mass is 9.94. The van der Waals surface area contributed by atoms with Crippen molar-refractivity contribution in [2.45, 2.75) is 250 Å². The first-order valence-corrected chi connectivity index (χ1v) is 23.0. The molecule has 0 bridgehead atoms. The Hall–Kier alpha value is -1.30. The van der Waals surface area contributed by atoms with E-state index in [1.54, 1.807) is 4.90 Å². The largest absolute Gasteiger partial charge is 0.394 e. The summed E-state index contributed by atoms with van der Waals surface area (Å²) in [6, 6.07) is -1.91. The van der Waals surface area contributed by atoms with Crippen LogP contribution < -0.4 is 16.8 Å². The topological polar surface area (TPSA) is 171 Å². The molecule has 6 atom stereocenters. The Bertz CT molecular complexity index is 882. The van der Waals surface area contributed by atoms with Crippen molar-refractivity contribution in [2.24, 2.45) is 11.5 Å². The van der Waals surface area contributed by atoms with Crippen LogP contribution in [0.1, 0.15) is 213 Å². The van der Waals surface area contributed by atoms with Crippen LogP contribution in [-0.2, 0) is 14.3 Å². The van der Waals surface area contributed by atoms with Gasteiger partial charge in [-0.25, -0.2) is 0 Å². The van der Waals surface area contributed by atoms with E-state index in [1.807, 2.05) is 0 Å². The van der Waals surface area contributed by atoms with Gasteiger partial charge in [0.15, 0.2) is 6.23 Å². The van der Waals surface area contributed by atoms with Crippen LogP contribution in [-0.4, -0.2) is 88.4 Å². The van der Waals surface area contributed by atoms with E-state index in [-0.39, 0.29) is 5.91 Å². The number of nitrogens with two attached hydrogens (primary N) is 2. The van der Waals surface area contributed by atoms with Crippen LogP contribution in [0.5, 0.6) is 0 Å². The van der Waals surface area contributed by atoms with Crippen LogP contribution in [0.25, 0.3) is 0 Å². The zero-order valence-electron chi connectivity index (χ0n) is 35.2. The van der Waals surface area contributed by atoms with Gasteiger partial charge in [0.1, 0.15) is 24.4 Å². The van der Waals surface area contributed by atoms with Crippen molar-refractivity contribution in [3.8, 4) is 0 Å². The number of carbonyl (C=O) groups is 2. The zero-order valence-corrected chi connectivity index (χ0v) is 35.2. The summed E-state index contributed by atoms with van der Waals surface area (Å²) >= 11 is 0. The Kier molecular flexibility index (Phi) is 32.8. The van der Waals surface area contributed by atoms with Crippen molar-refractivity contribution in [1.82, 2.24) is 10.2 Å². The molecule has 1 saturated heterocycles. The third-order valence-corrected chi connectivity index (χ3v) is 11.4. The summed E-state index contributed by atoms with van der Waals surface area (Å²) in [6.45, 7) is 4.91. The van der Waals surface area contributed by atoms with Crippen LogP contribution >= 0.6 is 0 Å². The molecule has 0 aromatic heterocycles. The van der Waals surface area contributed by atoms with E-state index in [4.69, 9.17) is 16.2 Å². The number of nitrogens with zero attached hydrogens (tertiary/aromatic N) is 1. The van der Waals surface area contributed by atoms with E-state index >= 15 is 0 Å². The van der Waals surface area contributed by atoms with Gasteiger partial charge in [-0.3, -0.25) is 9.59 Å². The Balaban J connectivity index is 2.71. The van der Waals surface area contributed by atoms with Crippen LogP contribution in [0.15, 0.2) is 0 Å². The van der Waals surface area contributed by atoms with Crippen molar-refractivity contribution in [3.63, 3.8) is 0 Å². The van der Waals surface area contributed by atoms with E-state index in [9.17, 15) is 24.9 Å². The molecule has 0 radical (unpaired) electrons. The summed E-state index contributed by atoms with van der Waals surface area (Å²) in [5.41, 5.74) is 11.8. The maximum Gasteiger partial charge on any atom is 0.237 e. The van der Waals surface area contributed by atoms with E-state index < -0.39 is 49.1 Å². The van der Waals surface area contributed by atoms with Gasteiger partial charge in [-0.1, -0.05) is 181 Å². The molecule has 1 aliphatic heterocycles. The van der Waals surface area contributed by atoms with E-state index in [1.165, 1.54) is 135 Å². The summed E-state index contributed by atoms with van der Waals surface area (Å²) < 4.78 is 6.15. The summed E-state index contributed by atoms with van der Waals surface area (Å²) in [6.07, 6.45) is 30.4. The maximum atomic E-state index is 13.9. The number of nitrogens with one attached hydrogen (secondary N) is 1. The summed E-state index contributed by atoms with van der Waals surface area (Å²) in [5.74, 6) is -0.567. The van der Waals surface area contributed by atoms with Crippen molar-refractivity contribution in [3.05, 3.63) is 0 Å². The molecule has 54 heavy (non-hydrogen) atoms. The molecule has 0 aromatic carbocycles. The Morgan fingerprint density at radius 3 is 1.48 bits per heavy atom. The first-order chi connectivity index (χ1) is 26.3. The van der Waals surface area contributed by atoms with E-state index in [0.717, 1.165) is 44.9 Å². The standard InChI is InChI=1S/C44H88N4O6/c1-3-5-7-9-11-13-15-16-17-18-19-21-23-25-27-31-35-48(39(50)33-28-26-24-22-20-14-12-10-8-6-4-2)44-40(42(52)41(51)38(36-49)54-44)47-43(53)37(46)32-29-30-34-45/h37-38,40-42,44,49,51-52H,3-36,45-46H2,1-2H3,(H,47,53)/t37-,38+,40+,41+,42+,44+/m0/s1. The van der Waals surface area contributed by atoms with Gasteiger partial charge >= 0.3 is 0 Å². The predicted octanol–water partition coefficient (Wildman–Crippen LogP) is 8.16. The molecule has 2 amide bonds. The molecule has 0 aromatic rings. The second kappa shape index (κ2) is 34.9. The third-order valence-electron chi connectivity index (χ3n) is 11.4. The molecule has 10 heteroatoms. The Labute approximate surface area is 331 Å². The Morgan fingerprint density at radius 2 is 1.06 bits per heavy atom. The first-order valence-electron chi connectivity index (χ1n) is 23.0. The van der Waals surface area contributed by atoms with Gasteiger partial charge in [0.2, 0.25) is 11.8 Å². The highest BCUT2D eigenvalue weighted by atomic mass is 16.5. The fraction of sp³-hybridized carbons (Fsp3) is 0.955. The fourth-order valence-electron chi connectivity index (χ4n) is 7.74. The molecule has 1 aliphatic rings. The SMILES string of the molecule is CCCCCCCCCCCCCCCCCCN(C(=O)CCCCCCCCCCCCC)[C@@H]1O[C@H](CO)[C@@H](O)[C@H](O)[C@H]1NC(=O)[C@@H](N)CCCCN. The average Bonchev–Trinajstić information content (AvgIpc) is 3.17.